The van der Waals surface area contributed by atoms with E-state index in [0.717, 1.165) is 19.3 Å². The van der Waals surface area contributed by atoms with Gasteiger partial charge in [-0.2, -0.15) is 0 Å². The standard InChI is InChI=1S/C17H31Cl3O2/c1-2-3-4-5-6-7-8-9-10-11-12-13-14-15-16(21)22-17(18,19)20/h2-15H2,1H3. The molecule has 0 aliphatic rings. The molecule has 0 saturated carbocycles. The monoisotopic (exact) mass is 372 g/mol. The van der Waals surface area contributed by atoms with Gasteiger partial charge in [-0.25, -0.2) is 0 Å². The van der Waals surface area contributed by atoms with Gasteiger partial charge >= 0.3 is 9.95 Å². The van der Waals surface area contributed by atoms with Gasteiger partial charge in [0.05, 0.1) is 0 Å². The van der Waals surface area contributed by atoms with Crippen molar-refractivity contribution in [1.82, 2.24) is 0 Å². The Labute approximate surface area is 151 Å². The number of ether oxygens (including phenoxy) is 1. The van der Waals surface area contributed by atoms with Crippen molar-refractivity contribution < 1.29 is 9.53 Å². The fraction of sp³-hybridized carbons (Fsp3) is 0.941. The number of esters is 1. The summed E-state index contributed by atoms with van der Waals surface area (Å²) in [5, 5.41) is 0. The van der Waals surface area contributed by atoms with E-state index in [2.05, 4.69) is 11.7 Å². The van der Waals surface area contributed by atoms with E-state index < -0.39 is 9.95 Å². The summed E-state index contributed by atoms with van der Waals surface area (Å²) in [6.45, 7) is 2.25. The lowest BCUT2D eigenvalue weighted by molar-refractivity contribution is -0.144. The zero-order valence-electron chi connectivity index (χ0n) is 13.8. The van der Waals surface area contributed by atoms with E-state index in [1.807, 2.05) is 0 Å². The third-order valence-electron chi connectivity index (χ3n) is 3.71. The molecule has 2 nitrogen and oxygen atoms in total. The number of hydrogen-bond acceptors (Lipinski definition) is 2. The maximum absolute atomic E-state index is 11.3. The van der Waals surface area contributed by atoms with Gasteiger partial charge in [0.15, 0.2) is 0 Å². The predicted molar refractivity (Wildman–Crippen MR) is 96.7 cm³/mol. The first kappa shape index (κ1) is 22.3. The van der Waals surface area contributed by atoms with Gasteiger partial charge in [-0.1, -0.05) is 84.0 Å². The molecule has 0 aromatic rings. The van der Waals surface area contributed by atoms with E-state index in [9.17, 15) is 4.79 Å². The molecule has 0 heterocycles. The van der Waals surface area contributed by atoms with Crippen molar-refractivity contribution in [2.24, 2.45) is 0 Å². The van der Waals surface area contributed by atoms with Crippen LogP contribution >= 0.6 is 34.8 Å². The minimum absolute atomic E-state index is 0.325. The predicted octanol–water partition coefficient (Wildman–Crippen LogP) is 7.34. The van der Waals surface area contributed by atoms with Crippen molar-refractivity contribution >= 4 is 40.8 Å². The summed E-state index contributed by atoms with van der Waals surface area (Å²) < 4.78 is 2.68. The summed E-state index contributed by atoms with van der Waals surface area (Å²) in [7, 11) is 0. The lowest BCUT2D eigenvalue weighted by Crippen LogP contribution is -2.15. The van der Waals surface area contributed by atoms with E-state index in [1.165, 1.54) is 64.2 Å². The van der Waals surface area contributed by atoms with Gasteiger partial charge in [0.1, 0.15) is 0 Å². The summed E-state index contributed by atoms with van der Waals surface area (Å²) in [6.07, 6.45) is 16.9. The molecule has 0 rings (SSSR count). The number of carbonyl (C=O) groups is 1. The highest BCUT2D eigenvalue weighted by molar-refractivity contribution is 6.66. The topological polar surface area (TPSA) is 26.3 Å². The third-order valence-corrected chi connectivity index (χ3v) is 3.95. The van der Waals surface area contributed by atoms with Crippen LogP contribution in [-0.2, 0) is 9.53 Å². The summed E-state index contributed by atoms with van der Waals surface area (Å²) >= 11 is 16.1. The summed E-state index contributed by atoms with van der Waals surface area (Å²) in [5.74, 6) is -0.442. The molecule has 0 saturated heterocycles. The molecule has 0 aliphatic carbocycles. The average Bonchev–Trinajstić information content (AvgIpc) is 2.42. The number of rotatable bonds is 14. The molecule has 0 aromatic heterocycles. The van der Waals surface area contributed by atoms with Gasteiger partial charge in [-0.15, -0.1) is 0 Å². The SMILES string of the molecule is CCCCCCCCCCCCCCCC(=O)OC(Cl)(Cl)Cl. The zero-order valence-corrected chi connectivity index (χ0v) is 16.1. The molecule has 132 valence electrons. The summed E-state index contributed by atoms with van der Waals surface area (Å²) in [5.41, 5.74) is 0. The number of halogens is 3. The molecule has 0 aliphatic heterocycles. The fourth-order valence-electron chi connectivity index (χ4n) is 2.47. The van der Waals surface area contributed by atoms with Gasteiger partial charge < -0.3 is 4.74 Å². The normalized spacial score (nSPS) is 11.6. The van der Waals surface area contributed by atoms with Crippen molar-refractivity contribution in [2.45, 2.75) is 101 Å². The lowest BCUT2D eigenvalue weighted by Gasteiger charge is -2.11. The molecule has 0 bridgehead atoms. The summed E-state index contributed by atoms with van der Waals surface area (Å²) in [4.78, 5) is 11.3. The second-order valence-electron chi connectivity index (χ2n) is 5.91. The molecule has 0 fully saturated rings. The van der Waals surface area contributed by atoms with E-state index in [0.29, 0.717) is 6.42 Å². The van der Waals surface area contributed by atoms with Crippen molar-refractivity contribution in [3.05, 3.63) is 0 Å². The molecule has 0 amide bonds. The summed E-state index contributed by atoms with van der Waals surface area (Å²) in [6, 6.07) is 0. The van der Waals surface area contributed by atoms with Gasteiger partial charge in [-0.05, 0) is 41.2 Å². The Morgan fingerprint density at radius 2 is 1.09 bits per heavy atom. The van der Waals surface area contributed by atoms with E-state index in [4.69, 9.17) is 34.8 Å². The van der Waals surface area contributed by atoms with Crippen molar-refractivity contribution in [3.8, 4) is 0 Å². The van der Waals surface area contributed by atoms with E-state index >= 15 is 0 Å². The molecule has 0 aromatic carbocycles. The molecule has 0 spiro atoms. The van der Waals surface area contributed by atoms with Gasteiger partial charge in [0, 0.05) is 6.42 Å². The van der Waals surface area contributed by atoms with Crippen LogP contribution in [0.15, 0.2) is 0 Å². The second kappa shape index (κ2) is 14.9. The molecule has 0 atom stereocenters. The van der Waals surface area contributed by atoms with E-state index in [-0.39, 0.29) is 0 Å². The second-order valence-corrected chi connectivity index (χ2v) is 8.09. The van der Waals surface area contributed by atoms with E-state index in [1.54, 1.807) is 0 Å². The highest BCUT2D eigenvalue weighted by Crippen LogP contribution is 2.28. The largest absolute Gasteiger partial charge is 0.415 e. The maximum Gasteiger partial charge on any atom is 0.340 e. The molecule has 0 radical (unpaired) electrons. The van der Waals surface area contributed by atoms with Gasteiger partial charge in [0.25, 0.3) is 0 Å². The van der Waals surface area contributed by atoms with Crippen LogP contribution in [0, 0.1) is 0 Å². The maximum atomic E-state index is 11.3. The third kappa shape index (κ3) is 18.4. The van der Waals surface area contributed by atoms with Crippen LogP contribution in [0.5, 0.6) is 0 Å². The van der Waals surface area contributed by atoms with Crippen molar-refractivity contribution in [1.29, 1.82) is 0 Å². The first-order valence-electron chi connectivity index (χ1n) is 8.74. The molecular weight excluding hydrogens is 343 g/mol. The number of unbranched alkanes of at least 4 members (excludes halogenated alkanes) is 12. The number of alkyl halides is 3. The van der Waals surface area contributed by atoms with Crippen LogP contribution in [0.3, 0.4) is 0 Å². The quantitative estimate of drug-likeness (QED) is 0.181. The van der Waals surface area contributed by atoms with Crippen LogP contribution in [0.25, 0.3) is 0 Å². The first-order valence-corrected chi connectivity index (χ1v) is 9.87. The minimum Gasteiger partial charge on any atom is -0.415 e. The zero-order chi connectivity index (χ0) is 16.7. The molecule has 0 unspecified atom stereocenters. The van der Waals surface area contributed by atoms with Crippen LogP contribution in [-0.4, -0.2) is 9.95 Å². The minimum atomic E-state index is -1.92. The smallest absolute Gasteiger partial charge is 0.340 e. The van der Waals surface area contributed by atoms with Gasteiger partial charge in [0.2, 0.25) is 0 Å². The Morgan fingerprint density at radius 3 is 1.45 bits per heavy atom. The Kier molecular flexibility index (Phi) is 15.1. The Balaban J connectivity index is 3.16. The van der Waals surface area contributed by atoms with Crippen LogP contribution in [0.4, 0.5) is 0 Å². The van der Waals surface area contributed by atoms with Crippen LogP contribution in [0.1, 0.15) is 96.8 Å². The van der Waals surface area contributed by atoms with Gasteiger partial charge in [-0.3, -0.25) is 4.79 Å². The molecule has 0 N–H and O–H groups in total. The fourth-order valence-corrected chi connectivity index (χ4v) is 2.73. The number of hydrogen-bond donors (Lipinski definition) is 0. The van der Waals surface area contributed by atoms with Crippen molar-refractivity contribution in [2.75, 3.05) is 0 Å². The molecule has 5 heteroatoms. The Bertz CT molecular complexity index is 265. The molecular formula is C17H31Cl3O2. The average molecular weight is 374 g/mol. The van der Waals surface area contributed by atoms with Crippen LogP contribution < -0.4 is 0 Å². The Morgan fingerprint density at radius 1 is 0.727 bits per heavy atom. The lowest BCUT2D eigenvalue weighted by atomic mass is 10.0. The molecule has 22 heavy (non-hydrogen) atoms. The number of carbonyl (C=O) groups excluding carboxylic acids is 1. The Hall–Kier alpha value is 0.340. The highest BCUT2D eigenvalue weighted by Gasteiger charge is 2.24. The highest BCUT2D eigenvalue weighted by atomic mass is 35.6. The first-order chi connectivity index (χ1) is 10.5. The van der Waals surface area contributed by atoms with Crippen LogP contribution in [0.2, 0.25) is 0 Å². The van der Waals surface area contributed by atoms with Crippen molar-refractivity contribution in [3.63, 3.8) is 0 Å².